The van der Waals surface area contributed by atoms with E-state index in [0.717, 1.165) is 18.9 Å². The lowest BCUT2D eigenvalue weighted by Crippen LogP contribution is -2.17. The molecule has 3 heteroatoms. The molecule has 0 aromatic rings. The Morgan fingerprint density at radius 2 is 2.38 bits per heavy atom. The lowest BCUT2D eigenvalue weighted by Gasteiger charge is -1.99. The van der Waals surface area contributed by atoms with Crippen molar-refractivity contribution in [1.29, 1.82) is 0 Å². The zero-order valence-corrected chi connectivity index (χ0v) is 6.25. The molecule has 0 unspecified atom stereocenters. The fraction of sp³-hybridized carbons (Fsp3) is 1.00. The number of nitrogens with one attached hydrogen (secondary N) is 1. The topological polar surface area (TPSA) is 21.3 Å². The van der Waals surface area contributed by atoms with Crippen LogP contribution in [0.4, 0.5) is 0 Å². The minimum Gasteiger partial charge on any atom is -0.302 e. The minimum atomic E-state index is 0.744. The van der Waals surface area contributed by atoms with Gasteiger partial charge in [-0.25, -0.2) is 5.48 Å². The molecule has 0 heterocycles. The van der Waals surface area contributed by atoms with Gasteiger partial charge in [0.25, 0.3) is 0 Å². The molecular formula is C5H13NOS. The summed E-state index contributed by atoms with van der Waals surface area (Å²) in [5.41, 5.74) is 2.82. The molecule has 0 aliphatic heterocycles. The Morgan fingerprint density at radius 1 is 1.62 bits per heavy atom. The second-order valence-electron chi connectivity index (χ2n) is 1.32. The van der Waals surface area contributed by atoms with E-state index in [9.17, 15) is 0 Å². The molecule has 0 aromatic heterocycles. The monoisotopic (exact) mass is 135 g/mol. The van der Waals surface area contributed by atoms with E-state index in [0.29, 0.717) is 0 Å². The van der Waals surface area contributed by atoms with Crippen LogP contribution >= 0.6 is 11.8 Å². The fourth-order valence-corrected chi connectivity index (χ4v) is 0.605. The molecule has 0 aliphatic rings. The van der Waals surface area contributed by atoms with Crippen molar-refractivity contribution in [3.63, 3.8) is 0 Å². The Balaban J connectivity index is 2.53. The van der Waals surface area contributed by atoms with Gasteiger partial charge in [-0.15, -0.1) is 0 Å². The van der Waals surface area contributed by atoms with E-state index in [1.54, 1.807) is 0 Å². The molecule has 0 spiro atoms. The highest BCUT2D eigenvalue weighted by Gasteiger charge is 1.80. The summed E-state index contributed by atoms with van der Waals surface area (Å²) in [5, 5.41) is 0. The number of thioether (sulfide) groups is 1. The molecule has 0 aromatic carbocycles. The number of hydroxylamine groups is 1. The summed E-state index contributed by atoms with van der Waals surface area (Å²) in [7, 11) is 0. The Hall–Kier alpha value is 0.270. The molecule has 0 radical (unpaired) electrons. The highest BCUT2D eigenvalue weighted by Crippen LogP contribution is 1.86. The van der Waals surface area contributed by atoms with E-state index < -0.39 is 0 Å². The third kappa shape index (κ3) is 6.27. The summed E-state index contributed by atoms with van der Waals surface area (Å²) in [6.07, 6.45) is 2.08. The Kier molecular flexibility index (Phi) is 7.52. The van der Waals surface area contributed by atoms with Crippen LogP contribution < -0.4 is 5.48 Å². The first-order valence-corrected chi connectivity index (χ1v) is 4.14. The highest BCUT2D eigenvalue weighted by molar-refractivity contribution is 7.98. The summed E-state index contributed by atoms with van der Waals surface area (Å²) in [4.78, 5) is 4.87. The molecule has 50 valence electrons. The zero-order chi connectivity index (χ0) is 6.24. The summed E-state index contributed by atoms with van der Waals surface area (Å²) < 4.78 is 0. The second-order valence-corrected chi connectivity index (χ2v) is 2.31. The smallest absolute Gasteiger partial charge is 0.0653 e. The number of rotatable bonds is 5. The normalized spacial score (nSPS) is 9.75. The van der Waals surface area contributed by atoms with Gasteiger partial charge in [-0.1, -0.05) is 0 Å². The van der Waals surface area contributed by atoms with Crippen molar-refractivity contribution in [3.05, 3.63) is 0 Å². The van der Waals surface area contributed by atoms with Gasteiger partial charge in [0.2, 0.25) is 0 Å². The van der Waals surface area contributed by atoms with Crippen molar-refractivity contribution in [2.45, 2.75) is 6.92 Å². The lowest BCUT2D eigenvalue weighted by atomic mass is 10.8. The number of hydrogen-bond acceptors (Lipinski definition) is 3. The number of hydrogen-bond donors (Lipinski definition) is 1. The van der Waals surface area contributed by atoms with Crippen LogP contribution in [-0.2, 0) is 4.84 Å². The largest absolute Gasteiger partial charge is 0.302 e. The van der Waals surface area contributed by atoms with E-state index in [1.165, 1.54) is 0 Å². The molecule has 0 atom stereocenters. The molecule has 0 fully saturated rings. The second kappa shape index (κ2) is 7.27. The molecule has 0 aliphatic carbocycles. The van der Waals surface area contributed by atoms with Crippen molar-refractivity contribution >= 4 is 11.8 Å². The maximum atomic E-state index is 4.87. The van der Waals surface area contributed by atoms with Crippen LogP contribution in [0.3, 0.4) is 0 Å². The van der Waals surface area contributed by atoms with Crippen LogP contribution in [-0.4, -0.2) is 25.2 Å². The van der Waals surface area contributed by atoms with Crippen molar-refractivity contribution < 1.29 is 4.84 Å². The zero-order valence-electron chi connectivity index (χ0n) is 5.44. The van der Waals surface area contributed by atoms with Gasteiger partial charge in [0, 0.05) is 12.3 Å². The molecule has 0 rings (SSSR count). The van der Waals surface area contributed by atoms with Gasteiger partial charge in [-0.2, -0.15) is 11.8 Å². The van der Waals surface area contributed by atoms with Crippen LogP contribution in [0.2, 0.25) is 0 Å². The highest BCUT2D eigenvalue weighted by atomic mass is 32.2. The predicted molar refractivity (Wildman–Crippen MR) is 38.0 cm³/mol. The van der Waals surface area contributed by atoms with E-state index in [4.69, 9.17) is 4.84 Å². The van der Waals surface area contributed by atoms with Crippen molar-refractivity contribution in [1.82, 2.24) is 5.48 Å². The summed E-state index contributed by atoms with van der Waals surface area (Å²) >= 11 is 1.81. The van der Waals surface area contributed by atoms with E-state index in [2.05, 4.69) is 11.7 Å². The fourth-order valence-electron chi connectivity index (χ4n) is 0.318. The SMILES string of the molecule is CCONCCSC. The van der Waals surface area contributed by atoms with Crippen molar-refractivity contribution in [2.24, 2.45) is 0 Å². The molecular weight excluding hydrogens is 122 g/mol. The van der Waals surface area contributed by atoms with E-state index >= 15 is 0 Å². The molecule has 8 heavy (non-hydrogen) atoms. The average Bonchev–Trinajstić information content (AvgIpc) is 1.81. The first-order chi connectivity index (χ1) is 3.91. The van der Waals surface area contributed by atoms with Crippen LogP contribution in [0.5, 0.6) is 0 Å². The van der Waals surface area contributed by atoms with E-state index in [-0.39, 0.29) is 0 Å². The Morgan fingerprint density at radius 3 is 2.88 bits per heavy atom. The van der Waals surface area contributed by atoms with Crippen LogP contribution in [0.1, 0.15) is 6.92 Å². The predicted octanol–water partition coefficient (Wildman–Crippen LogP) is 0.891. The third-order valence-corrected chi connectivity index (χ3v) is 1.27. The average molecular weight is 135 g/mol. The molecule has 0 saturated heterocycles. The summed E-state index contributed by atoms with van der Waals surface area (Å²) in [6.45, 7) is 3.65. The Labute approximate surface area is 54.9 Å². The van der Waals surface area contributed by atoms with Gasteiger partial charge in [0.15, 0.2) is 0 Å². The summed E-state index contributed by atoms with van der Waals surface area (Å²) in [5.74, 6) is 1.11. The van der Waals surface area contributed by atoms with Crippen molar-refractivity contribution in [2.75, 3.05) is 25.2 Å². The maximum Gasteiger partial charge on any atom is 0.0653 e. The van der Waals surface area contributed by atoms with Gasteiger partial charge >= 0.3 is 0 Å². The first kappa shape index (κ1) is 8.27. The Bertz CT molecular complexity index is 37.4. The van der Waals surface area contributed by atoms with Gasteiger partial charge < -0.3 is 4.84 Å². The molecule has 1 N–H and O–H groups in total. The minimum absolute atomic E-state index is 0.744. The van der Waals surface area contributed by atoms with Gasteiger partial charge in [0.05, 0.1) is 6.61 Å². The van der Waals surface area contributed by atoms with Crippen LogP contribution in [0, 0.1) is 0 Å². The van der Waals surface area contributed by atoms with Gasteiger partial charge in [-0.05, 0) is 13.2 Å². The molecule has 2 nitrogen and oxygen atoms in total. The van der Waals surface area contributed by atoms with Gasteiger partial charge in [-0.3, -0.25) is 0 Å². The standard InChI is InChI=1S/C5H13NOS/c1-3-7-6-4-5-8-2/h6H,3-5H2,1-2H3. The van der Waals surface area contributed by atoms with E-state index in [1.807, 2.05) is 18.7 Å². The van der Waals surface area contributed by atoms with Crippen molar-refractivity contribution in [3.8, 4) is 0 Å². The molecule has 0 amide bonds. The van der Waals surface area contributed by atoms with Crippen LogP contribution in [0.25, 0.3) is 0 Å². The summed E-state index contributed by atoms with van der Waals surface area (Å²) in [6, 6.07) is 0. The molecule has 0 saturated carbocycles. The quantitative estimate of drug-likeness (QED) is 0.447. The third-order valence-electron chi connectivity index (χ3n) is 0.655. The molecule has 0 bridgehead atoms. The maximum absolute atomic E-state index is 4.87. The first-order valence-electron chi connectivity index (χ1n) is 2.75. The van der Waals surface area contributed by atoms with Crippen LogP contribution in [0.15, 0.2) is 0 Å². The lowest BCUT2D eigenvalue weighted by molar-refractivity contribution is 0.0554. The van der Waals surface area contributed by atoms with Gasteiger partial charge in [0.1, 0.15) is 0 Å².